The summed E-state index contributed by atoms with van der Waals surface area (Å²) in [5.74, 6) is 1.01. The quantitative estimate of drug-likeness (QED) is 0.499. The van der Waals surface area contributed by atoms with E-state index in [-0.39, 0.29) is 16.7 Å². The number of ether oxygens (including phenoxy) is 1. The number of nitro groups is 1. The predicted molar refractivity (Wildman–Crippen MR) is 97.2 cm³/mol. The molecule has 0 unspecified atom stereocenters. The first-order valence-electron chi connectivity index (χ1n) is 8.44. The summed E-state index contributed by atoms with van der Waals surface area (Å²) in [5.41, 5.74) is 4.62. The molecule has 4 rings (SSSR count). The standard InChI is InChI=1S/C20H20N2O3/c1-12-6-8-17-16(10-12)14-4-3-5-15(14)20(21-17)13-7-9-19(25-2)18(11-13)22(23)24/h3-4,6-11,14-15,20-21H,5H2,1-2H3/t14-,15-,20-/m1/s1. The van der Waals surface area contributed by atoms with E-state index in [4.69, 9.17) is 4.74 Å². The maximum Gasteiger partial charge on any atom is 0.311 e. The summed E-state index contributed by atoms with van der Waals surface area (Å²) in [6.45, 7) is 2.10. The van der Waals surface area contributed by atoms with Gasteiger partial charge in [-0.25, -0.2) is 0 Å². The van der Waals surface area contributed by atoms with Gasteiger partial charge in [0, 0.05) is 17.7 Å². The Morgan fingerprint density at radius 3 is 2.84 bits per heavy atom. The number of nitro benzene ring substituents is 1. The normalized spacial score (nSPS) is 23.5. The van der Waals surface area contributed by atoms with Crippen molar-refractivity contribution >= 4 is 11.4 Å². The molecule has 1 heterocycles. The van der Waals surface area contributed by atoms with E-state index >= 15 is 0 Å². The molecule has 0 saturated carbocycles. The molecule has 3 atom stereocenters. The zero-order chi connectivity index (χ0) is 17.6. The highest BCUT2D eigenvalue weighted by Gasteiger charge is 2.38. The molecule has 1 N–H and O–H groups in total. The molecule has 0 bridgehead atoms. The van der Waals surface area contributed by atoms with Crippen LogP contribution in [-0.2, 0) is 0 Å². The maximum atomic E-state index is 11.4. The van der Waals surface area contributed by atoms with Gasteiger partial charge in [0.1, 0.15) is 0 Å². The highest BCUT2D eigenvalue weighted by molar-refractivity contribution is 5.61. The van der Waals surface area contributed by atoms with E-state index in [0.29, 0.717) is 17.6 Å². The van der Waals surface area contributed by atoms with Crippen molar-refractivity contribution in [2.24, 2.45) is 5.92 Å². The Hall–Kier alpha value is -2.82. The number of hydrogen-bond acceptors (Lipinski definition) is 4. The molecule has 0 radical (unpaired) electrons. The lowest BCUT2D eigenvalue weighted by molar-refractivity contribution is -0.385. The van der Waals surface area contributed by atoms with E-state index in [9.17, 15) is 10.1 Å². The number of hydrogen-bond donors (Lipinski definition) is 1. The fraction of sp³-hybridized carbons (Fsp3) is 0.300. The third-order valence-electron chi connectivity index (χ3n) is 5.28. The Morgan fingerprint density at radius 2 is 2.08 bits per heavy atom. The van der Waals surface area contributed by atoms with Crippen LogP contribution in [0.15, 0.2) is 48.6 Å². The van der Waals surface area contributed by atoms with Crippen molar-refractivity contribution in [3.8, 4) is 5.75 Å². The van der Waals surface area contributed by atoms with Gasteiger partial charge in [-0.1, -0.05) is 35.9 Å². The molecule has 0 amide bonds. The second kappa shape index (κ2) is 5.92. The van der Waals surface area contributed by atoms with Crippen molar-refractivity contribution in [2.75, 3.05) is 12.4 Å². The number of methoxy groups -OCH3 is 1. The topological polar surface area (TPSA) is 64.4 Å². The van der Waals surface area contributed by atoms with Crippen molar-refractivity contribution < 1.29 is 9.66 Å². The molecular weight excluding hydrogens is 316 g/mol. The molecule has 128 valence electrons. The van der Waals surface area contributed by atoms with E-state index in [2.05, 4.69) is 42.6 Å². The van der Waals surface area contributed by atoms with Crippen LogP contribution < -0.4 is 10.1 Å². The first-order valence-corrected chi connectivity index (χ1v) is 8.44. The molecule has 2 aliphatic rings. The molecule has 0 aromatic heterocycles. The summed E-state index contributed by atoms with van der Waals surface area (Å²) < 4.78 is 5.13. The van der Waals surface area contributed by atoms with E-state index in [0.717, 1.165) is 17.7 Å². The lowest BCUT2D eigenvalue weighted by Crippen LogP contribution is -2.29. The lowest BCUT2D eigenvalue weighted by atomic mass is 9.76. The third kappa shape index (κ3) is 2.56. The number of aryl methyl sites for hydroxylation is 1. The van der Waals surface area contributed by atoms with Crippen LogP contribution in [0.1, 0.15) is 35.1 Å². The van der Waals surface area contributed by atoms with Crippen LogP contribution in [0.2, 0.25) is 0 Å². The van der Waals surface area contributed by atoms with Crippen molar-refractivity contribution in [1.82, 2.24) is 0 Å². The van der Waals surface area contributed by atoms with Crippen molar-refractivity contribution in [3.63, 3.8) is 0 Å². The molecule has 0 spiro atoms. The predicted octanol–water partition coefficient (Wildman–Crippen LogP) is 4.74. The number of nitrogens with zero attached hydrogens (tertiary/aromatic N) is 1. The van der Waals surface area contributed by atoms with Crippen LogP contribution in [0.25, 0.3) is 0 Å². The fourth-order valence-corrected chi connectivity index (χ4v) is 4.09. The zero-order valence-corrected chi connectivity index (χ0v) is 14.2. The SMILES string of the molecule is COc1ccc([C@H]2Nc3ccc(C)cc3[C@@H]3C=CC[C@@H]23)cc1[N+](=O)[O-]. The number of nitrogens with one attached hydrogen (secondary N) is 1. The second-order valence-electron chi connectivity index (χ2n) is 6.75. The summed E-state index contributed by atoms with van der Waals surface area (Å²) in [6.07, 6.45) is 5.46. The maximum absolute atomic E-state index is 11.4. The van der Waals surface area contributed by atoms with Crippen LogP contribution in [0, 0.1) is 23.0 Å². The minimum atomic E-state index is -0.382. The van der Waals surface area contributed by atoms with Crippen molar-refractivity contribution in [1.29, 1.82) is 0 Å². The second-order valence-corrected chi connectivity index (χ2v) is 6.75. The molecule has 5 nitrogen and oxygen atoms in total. The molecule has 0 fully saturated rings. The van der Waals surface area contributed by atoms with Crippen molar-refractivity contribution in [3.05, 3.63) is 75.4 Å². The van der Waals surface area contributed by atoms with Gasteiger partial charge < -0.3 is 10.1 Å². The van der Waals surface area contributed by atoms with Crippen LogP contribution in [-0.4, -0.2) is 12.0 Å². The Bertz CT molecular complexity index is 875. The number of allylic oxidation sites excluding steroid dienone is 2. The van der Waals surface area contributed by atoms with Crippen LogP contribution in [0.4, 0.5) is 11.4 Å². The van der Waals surface area contributed by atoms with E-state index in [1.807, 2.05) is 6.07 Å². The average molecular weight is 336 g/mol. The molecule has 25 heavy (non-hydrogen) atoms. The molecule has 2 aromatic carbocycles. The summed E-state index contributed by atoms with van der Waals surface area (Å²) in [6, 6.07) is 11.7. The monoisotopic (exact) mass is 336 g/mol. The van der Waals surface area contributed by atoms with Gasteiger partial charge in [-0.2, -0.15) is 0 Å². The highest BCUT2D eigenvalue weighted by Crippen LogP contribution is 2.50. The van der Waals surface area contributed by atoms with Gasteiger partial charge >= 0.3 is 5.69 Å². The summed E-state index contributed by atoms with van der Waals surface area (Å²) in [7, 11) is 1.45. The number of fused-ring (bicyclic) bond motifs is 3. The minimum absolute atomic E-state index is 0.0130. The Labute approximate surface area is 146 Å². The van der Waals surface area contributed by atoms with Gasteiger partial charge in [-0.05, 0) is 42.5 Å². The largest absolute Gasteiger partial charge is 0.490 e. The third-order valence-corrected chi connectivity index (χ3v) is 5.28. The van der Waals surface area contributed by atoms with Crippen molar-refractivity contribution in [2.45, 2.75) is 25.3 Å². The Morgan fingerprint density at radius 1 is 1.24 bits per heavy atom. The van der Waals surface area contributed by atoms with Gasteiger partial charge in [0.05, 0.1) is 18.1 Å². The molecule has 0 saturated heterocycles. The van der Waals surface area contributed by atoms with Gasteiger partial charge in [-0.15, -0.1) is 0 Å². The average Bonchev–Trinajstić information content (AvgIpc) is 3.10. The Kier molecular flexibility index (Phi) is 3.71. The molecular formula is C20H20N2O3. The molecule has 2 aromatic rings. The van der Waals surface area contributed by atoms with Gasteiger partial charge in [0.2, 0.25) is 0 Å². The Balaban J connectivity index is 1.78. The smallest absolute Gasteiger partial charge is 0.311 e. The molecule has 5 heteroatoms. The van der Waals surface area contributed by atoms with Crippen LogP contribution in [0.3, 0.4) is 0 Å². The fourth-order valence-electron chi connectivity index (χ4n) is 4.09. The zero-order valence-electron chi connectivity index (χ0n) is 14.2. The summed E-state index contributed by atoms with van der Waals surface area (Å²) >= 11 is 0. The molecule has 1 aliphatic heterocycles. The van der Waals surface area contributed by atoms with Gasteiger partial charge in [-0.3, -0.25) is 10.1 Å². The minimum Gasteiger partial charge on any atom is -0.490 e. The van der Waals surface area contributed by atoms with E-state index < -0.39 is 0 Å². The highest BCUT2D eigenvalue weighted by atomic mass is 16.6. The van der Waals surface area contributed by atoms with E-state index in [1.165, 1.54) is 18.2 Å². The lowest BCUT2D eigenvalue weighted by Gasteiger charge is -2.37. The van der Waals surface area contributed by atoms with Crippen LogP contribution in [0.5, 0.6) is 5.75 Å². The first-order chi connectivity index (χ1) is 12.1. The number of anilines is 1. The number of rotatable bonds is 3. The van der Waals surface area contributed by atoms with Gasteiger partial charge in [0.25, 0.3) is 0 Å². The van der Waals surface area contributed by atoms with E-state index in [1.54, 1.807) is 12.1 Å². The first kappa shape index (κ1) is 15.7. The summed E-state index contributed by atoms with van der Waals surface area (Å²) in [4.78, 5) is 11.0. The number of benzene rings is 2. The van der Waals surface area contributed by atoms with Crippen LogP contribution >= 0.6 is 0 Å². The molecule has 1 aliphatic carbocycles. The summed E-state index contributed by atoms with van der Waals surface area (Å²) in [5, 5.41) is 15.0. The van der Waals surface area contributed by atoms with Gasteiger partial charge in [0.15, 0.2) is 5.75 Å².